The van der Waals surface area contributed by atoms with Gasteiger partial charge in [-0.2, -0.15) is 9.78 Å². The molecule has 0 radical (unpaired) electrons. The van der Waals surface area contributed by atoms with Gasteiger partial charge in [-0.25, -0.2) is 9.78 Å². The van der Waals surface area contributed by atoms with Gasteiger partial charge in [0.2, 0.25) is 0 Å². The lowest BCUT2D eigenvalue weighted by atomic mass is 9.92. The first-order valence-electron chi connectivity index (χ1n) is 8.11. The zero-order valence-corrected chi connectivity index (χ0v) is 14.3. The first kappa shape index (κ1) is 16.4. The maximum Gasteiger partial charge on any atom is 0.323 e. The van der Waals surface area contributed by atoms with E-state index in [-0.39, 0.29) is 11.4 Å². The molecule has 0 bridgehead atoms. The Morgan fingerprint density at radius 1 is 1.25 bits per heavy atom. The van der Waals surface area contributed by atoms with E-state index in [1.807, 2.05) is 24.3 Å². The second-order valence-electron chi connectivity index (χ2n) is 6.79. The molecule has 24 heavy (non-hydrogen) atoms. The summed E-state index contributed by atoms with van der Waals surface area (Å²) in [7, 11) is 0. The van der Waals surface area contributed by atoms with Gasteiger partial charge in [0.1, 0.15) is 5.82 Å². The van der Waals surface area contributed by atoms with Gasteiger partial charge < -0.3 is 9.64 Å². The summed E-state index contributed by atoms with van der Waals surface area (Å²) in [5, 5.41) is 7.61. The lowest BCUT2D eigenvalue weighted by Gasteiger charge is -2.26. The number of urea groups is 1. The van der Waals surface area contributed by atoms with Gasteiger partial charge >= 0.3 is 6.03 Å². The molecule has 0 spiro atoms. The fourth-order valence-corrected chi connectivity index (χ4v) is 2.45. The van der Waals surface area contributed by atoms with Crippen molar-refractivity contribution in [2.45, 2.75) is 26.2 Å². The van der Waals surface area contributed by atoms with Crippen molar-refractivity contribution < 1.29 is 9.53 Å². The molecule has 2 aromatic rings. The number of carbonyl (C=O) groups excluding carboxylic acids is 1. The third kappa shape index (κ3) is 3.56. The van der Waals surface area contributed by atoms with Crippen molar-refractivity contribution in [1.82, 2.24) is 19.7 Å². The van der Waals surface area contributed by atoms with E-state index in [2.05, 4.69) is 36.2 Å². The van der Waals surface area contributed by atoms with Crippen LogP contribution in [0.4, 0.5) is 10.6 Å². The lowest BCUT2D eigenvalue weighted by molar-refractivity contribution is 0.0564. The molecule has 7 heteroatoms. The standard InChI is InChI=1S/C17H23N5O2/c1-17(2,3)13-12-15(19-16(23)21-8-10-24-11-9-21)22(20-13)14-6-4-5-7-18-14/h4-7,12H,8-11H2,1-3H3,(H,19,23). The normalized spacial score (nSPS) is 15.4. The van der Waals surface area contributed by atoms with Crippen LogP contribution in [0.1, 0.15) is 26.5 Å². The highest BCUT2D eigenvalue weighted by atomic mass is 16.5. The zero-order valence-electron chi connectivity index (χ0n) is 14.3. The molecule has 0 aliphatic carbocycles. The Bertz CT molecular complexity index is 700. The van der Waals surface area contributed by atoms with E-state index in [4.69, 9.17) is 4.74 Å². The average Bonchev–Trinajstić information content (AvgIpc) is 3.00. The lowest BCUT2D eigenvalue weighted by Crippen LogP contribution is -2.43. The van der Waals surface area contributed by atoms with Crippen molar-refractivity contribution in [1.29, 1.82) is 0 Å². The quantitative estimate of drug-likeness (QED) is 0.918. The number of amides is 2. The van der Waals surface area contributed by atoms with Gasteiger partial charge in [0.25, 0.3) is 0 Å². The highest BCUT2D eigenvalue weighted by molar-refractivity contribution is 5.88. The van der Waals surface area contributed by atoms with Crippen LogP contribution < -0.4 is 5.32 Å². The molecule has 7 nitrogen and oxygen atoms in total. The summed E-state index contributed by atoms with van der Waals surface area (Å²) in [5.41, 5.74) is 0.767. The zero-order chi connectivity index (χ0) is 17.2. The molecule has 1 saturated heterocycles. The molecule has 3 heterocycles. The van der Waals surface area contributed by atoms with Crippen LogP contribution in [0.25, 0.3) is 5.82 Å². The summed E-state index contributed by atoms with van der Waals surface area (Å²) >= 11 is 0. The number of nitrogens with zero attached hydrogens (tertiary/aromatic N) is 4. The van der Waals surface area contributed by atoms with Gasteiger partial charge in [0.05, 0.1) is 18.9 Å². The monoisotopic (exact) mass is 329 g/mol. The molecule has 128 valence electrons. The molecule has 1 fully saturated rings. The average molecular weight is 329 g/mol. The molecule has 1 N–H and O–H groups in total. The first-order chi connectivity index (χ1) is 11.4. The minimum Gasteiger partial charge on any atom is -0.378 e. The highest BCUT2D eigenvalue weighted by Crippen LogP contribution is 2.26. The molecular weight excluding hydrogens is 306 g/mol. The van der Waals surface area contributed by atoms with Crippen LogP contribution in [-0.4, -0.2) is 52.0 Å². The van der Waals surface area contributed by atoms with E-state index >= 15 is 0 Å². The summed E-state index contributed by atoms with van der Waals surface area (Å²) in [5.74, 6) is 1.29. The van der Waals surface area contributed by atoms with Gasteiger partial charge in [-0.1, -0.05) is 26.8 Å². The fourth-order valence-electron chi connectivity index (χ4n) is 2.45. The van der Waals surface area contributed by atoms with E-state index in [9.17, 15) is 4.79 Å². The maximum absolute atomic E-state index is 12.5. The van der Waals surface area contributed by atoms with Crippen LogP contribution in [0.15, 0.2) is 30.5 Å². The molecule has 3 rings (SSSR count). The predicted molar refractivity (Wildman–Crippen MR) is 91.5 cm³/mol. The number of rotatable bonds is 2. The van der Waals surface area contributed by atoms with E-state index < -0.39 is 0 Å². The van der Waals surface area contributed by atoms with Crippen LogP contribution in [0.3, 0.4) is 0 Å². The Labute approximate surface area is 141 Å². The third-order valence-electron chi connectivity index (χ3n) is 3.88. The summed E-state index contributed by atoms with van der Waals surface area (Å²) < 4.78 is 6.97. The summed E-state index contributed by atoms with van der Waals surface area (Å²) in [4.78, 5) is 18.6. The summed E-state index contributed by atoms with van der Waals surface area (Å²) in [6, 6.07) is 7.38. The van der Waals surface area contributed by atoms with Gasteiger partial charge in [0, 0.05) is 30.8 Å². The smallest absolute Gasteiger partial charge is 0.323 e. The van der Waals surface area contributed by atoms with Crippen LogP contribution in [-0.2, 0) is 10.2 Å². The SMILES string of the molecule is CC(C)(C)c1cc(NC(=O)N2CCOCC2)n(-c2ccccn2)n1. The van der Waals surface area contributed by atoms with Gasteiger partial charge in [-0.3, -0.25) is 5.32 Å². The van der Waals surface area contributed by atoms with E-state index in [0.29, 0.717) is 37.9 Å². The van der Waals surface area contributed by atoms with E-state index in [0.717, 1.165) is 5.69 Å². The molecule has 1 aliphatic heterocycles. The Morgan fingerprint density at radius 2 is 2.00 bits per heavy atom. The summed E-state index contributed by atoms with van der Waals surface area (Å²) in [6.45, 7) is 8.59. The molecule has 0 aromatic carbocycles. The van der Waals surface area contributed by atoms with Crippen molar-refractivity contribution in [2.24, 2.45) is 0 Å². The number of morpholine rings is 1. The highest BCUT2D eigenvalue weighted by Gasteiger charge is 2.23. The number of ether oxygens (including phenoxy) is 1. The van der Waals surface area contributed by atoms with Crippen molar-refractivity contribution in [2.75, 3.05) is 31.6 Å². The Hall–Kier alpha value is -2.41. The fraction of sp³-hybridized carbons (Fsp3) is 0.471. The molecular formula is C17H23N5O2. The van der Waals surface area contributed by atoms with Crippen LogP contribution in [0.2, 0.25) is 0 Å². The predicted octanol–water partition coefficient (Wildman–Crippen LogP) is 2.43. The Morgan fingerprint density at radius 3 is 2.62 bits per heavy atom. The van der Waals surface area contributed by atoms with Gasteiger partial charge in [-0.05, 0) is 12.1 Å². The minimum absolute atomic E-state index is 0.127. The van der Waals surface area contributed by atoms with E-state index in [1.165, 1.54) is 0 Å². The minimum atomic E-state index is -0.143. The molecule has 0 unspecified atom stereocenters. The third-order valence-corrected chi connectivity index (χ3v) is 3.88. The van der Waals surface area contributed by atoms with Crippen LogP contribution in [0, 0.1) is 0 Å². The first-order valence-corrected chi connectivity index (χ1v) is 8.11. The molecule has 0 saturated carbocycles. The Kier molecular flexibility index (Phi) is 4.53. The number of anilines is 1. The second kappa shape index (κ2) is 6.60. The van der Waals surface area contributed by atoms with E-state index in [1.54, 1.807) is 15.8 Å². The van der Waals surface area contributed by atoms with Crippen LogP contribution >= 0.6 is 0 Å². The molecule has 2 aromatic heterocycles. The number of aromatic nitrogens is 3. The number of hydrogen-bond acceptors (Lipinski definition) is 4. The number of pyridine rings is 1. The van der Waals surface area contributed by atoms with Crippen molar-refractivity contribution in [3.05, 3.63) is 36.2 Å². The van der Waals surface area contributed by atoms with Crippen molar-refractivity contribution in [3.8, 4) is 5.82 Å². The number of nitrogens with one attached hydrogen (secondary N) is 1. The van der Waals surface area contributed by atoms with Gasteiger partial charge in [-0.15, -0.1) is 0 Å². The summed E-state index contributed by atoms with van der Waals surface area (Å²) in [6.07, 6.45) is 1.71. The largest absolute Gasteiger partial charge is 0.378 e. The second-order valence-corrected chi connectivity index (χ2v) is 6.79. The number of carbonyl (C=O) groups is 1. The molecule has 1 aliphatic rings. The Balaban J connectivity index is 1.90. The molecule has 0 atom stereocenters. The van der Waals surface area contributed by atoms with Gasteiger partial charge in [0.15, 0.2) is 5.82 Å². The maximum atomic E-state index is 12.5. The topological polar surface area (TPSA) is 72.3 Å². The molecule has 2 amide bonds. The van der Waals surface area contributed by atoms with Crippen molar-refractivity contribution in [3.63, 3.8) is 0 Å². The van der Waals surface area contributed by atoms with Crippen LogP contribution in [0.5, 0.6) is 0 Å². The number of hydrogen-bond donors (Lipinski definition) is 1. The van der Waals surface area contributed by atoms with Crippen molar-refractivity contribution >= 4 is 11.8 Å².